The van der Waals surface area contributed by atoms with Gasteiger partial charge in [0, 0.05) is 38.4 Å². The smallest absolute Gasteiger partial charge is 0.0492 e. The van der Waals surface area contributed by atoms with E-state index in [4.69, 9.17) is 0 Å². The molecule has 0 saturated carbocycles. The molecule has 0 unspecified atom stereocenters. The molecule has 0 fully saturated rings. The summed E-state index contributed by atoms with van der Waals surface area (Å²) in [4.78, 5) is 6.30. The number of halogens is 2. The fraction of sp³-hybridized carbons (Fsp3) is 0. The van der Waals surface area contributed by atoms with Crippen LogP contribution in [0, 0.1) is 0 Å². The Balaban J connectivity index is 2.11. The van der Waals surface area contributed by atoms with E-state index in [0.717, 1.165) is 26.0 Å². The van der Waals surface area contributed by atoms with Crippen molar-refractivity contribution >= 4 is 48.9 Å². The lowest BCUT2D eigenvalue weighted by atomic mass is 10.2. The zero-order valence-electron chi connectivity index (χ0n) is 11.1. The Bertz CT molecular complexity index is 665. The quantitative estimate of drug-likeness (QED) is 0.527. The molecule has 3 rings (SSSR count). The maximum atomic E-state index is 4.10. The number of benzene rings is 2. The Morgan fingerprint density at radius 1 is 0.571 bits per heavy atom. The van der Waals surface area contributed by atoms with Gasteiger partial charge < -0.3 is 4.90 Å². The van der Waals surface area contributed by atoms with Gasteiger partial charge in [0.25, 0.3) is 0 Å². The van der Waals surface area contributed by atoms with Crippen LogP contribution in [0.4, 0.5) is 17.1 Å². The largest absolute Gasteiger partial charge is 0.310 e. The van der Waals surface area contributed by atoms with Crippen molar-refractivity contribution < 1.29 is 0 Å². The average Bonchev–Trinajstić information content (AvgIpc) is 2.52. The van der Waals surface area contributed by atoms with Crippen LogP contribution in [0.1, 0.15) is 0 Å². The van der Waals surface area contributed by atoms with Crippen LogP contribution in [-0.4, -0.2) is 4.98 Å². The third-order valence-electron chi connectivity index (χ3n) is 3.09. The molecule has 0 aliphatic carbocycles. The Morgan fingerprint density at radius 3 is 1.38 bits per heavy atom. The fourth-order valence-electron chi connectivity index (χ4n) is 2.12. The molecule has 2 nitrogen and oxygen atoms in total. The van der Waals surface area contributed by atoms with Crippen molar-refractivity contribution in [2.24, 2.45) is 0 Å². The van der Waals surface area contributed by atoms with Crippen molar-refractivity contribution in [3.63, 3.8) is 0 Å². The molecule has 1 heterocycles. The third-order valence-corrected chi connectivity index (χ3v) is 4.15. The van der Waals surface area contributed by atoms with E-state index in [1.807, 2.05) is 36.4 Å². The Hall–Kier alpha value is -1.65. The highest BCUT2D eigenvalue weighted by atomic mass is 79.9. The first-order chi connectivity index (χ1) is 10.2. The summed E-state index contributed by atoms with van der Waals surface area (Å²) >= 11 is 6.96. The minimum absolute atomic E-state index is 1.07. The maximum Gasteiger partial charge on any atom is 0.0492 e. The second-order valence-corrected chi connectivity index (χ2v) is 6.33. The van der Waals surface area contributed by atoms with Crippen LogP contribution < -0.4 is 4.90 Å². The average molecular weight is 404 g/mol. The highest BCUT2D eigenvalue weighted by Gasteiger charge is 2.11. The maximum absolute atomic E-state index is 4.10. The van der Waals surface area contributed by atoms with Gasteiger partial charge in [-0.3, -0.25) is 4.98 Å². The first-order valence-corrected chi connectivity index (χ1v) is 8.04. The topological polar surface area (TPSA) is 16.1 Å². The second-order valence-electron chi connectivity index (χ2n) is 4.49. The molecule has 0 atom stereocenters. The van der Waals surface area contributed by atoms with Gasteiger partial charge in [-0.05, 0) is 60.7 Å². The van der Waals surface area contributed by atoms with Gasteiger partial charge in [-0.15, -0.1) is 0 Å². The molecule has 0 spiro atoms. The molecular formula is C17H12Br2N2. The Morgan fingerprint density at radius 2 is 0.952 bits per heavy atom. The predicted octanol–water partition coefficient (Wildman–Crippen LogP) is 6.08. The minimum atomic E-state index is 1.07. The van der Waals surface area contributed by atoms with Crippen molar-refractivity contribution in [1.29, 1.82) is 0 Å². The molecule has 0 aliphatic heterocycles. The third kappa shape index (κ3) is 3.34. The molecule has 1 aromatic heterocycles. The number of anilines is 3. The zero-order chi connectivity index (χ0) is 14.7. The summed E-state index contributed by atoms with van der Waals surface area (Å²) in [5.74, 6) is 0. The fourth-order valence-corrected chi connectivity index (χ4v) is 2.65. The molecule has 0 radical (unpaired) electrons. The van der Waals surface area contributed by atoms with E-state index in [9.17, 15) is 0 Å². The van der Waals surface area contributed by atoms with Crippen LogP contribution in [0.5, 0.6) is 0 Å². The highest BCUT2D eigenvalue weighted by Crippen LogP contribution is 2.34. The van der Waals surface area contributed by atoms with Crippen LogP contribution in [0.25, 0.3) is 0 Å². The van der Waals surface area contributed by atoms with Crippen LogP contribution in [0.15, 0.2) is 82.0 Å². The van der Waals surface area contributed by atoms with Gasteiger partial charge in [-0.25, -0.2) is 0 Å². The SMILES string of the molecule is Brc1ccc(N(c2ccncc2)c2ccc(Br)cc2)cc1. The lowest BCUT2D eigenvalue weighted by Gasteiger charge is -2.25. The van der Waals surface area contributed by atoms with E-state index < -0.39 is 0 Å². The lowest BCUT2D eigenvalue weighted by Crippen LogP contribution is -2.09. The van der Waals surface area contributed by atoms with Crippen LogP contribution >= 0.6 is 31.9 Å². The van der Waals surface area contributed by atoms with Crippen molar-refractivity contribution in [2.45, 2.75) is 0 Å². The lowest BCUT2D eigenvalue weighted by molar-refractivity contribution is 1.24. The number of hydrogen-bond acceptors (Lipinski definition) is 2. The summed E-state index contributed by atoms with van der Waals surface area (Å²) in [6.45, 7) is 0. The molecule has 0 amide bonds. The first-order valence-electron chi connectivity index (χ1n) is 6.45. The summed E-state index contributed by atoms with van der Waals surface area (Å²) in [6, 6.07) is 20.5. The van der Waals surface area contributed by atoms with Crippen molar-refractivity contribution in [3.8, 4) is 0 Å². The van der Waals surface area contributed by atoms with E-state index in [1.165, 1.54) is 0 Å². The first kappa shape index (κ1) is 14.3. The molecule has 104 valence electrons. The predicted molar refractivity (Wildman–Crippen MR) is 94.3 cm³/mol. The Kier molecular flexibility index (Phi) is 4.36. The monoisotopic (exact) mass is 402 g/mol. The van der Waals surface area contributed by atoms with Crippen LogP contribution in [-0.2, 0) is 0 Å². The normalized spacial score (nSPS) is 10.4. The molecular weight excluding hydrogens is 392 g/mol. The number of aromatic nitrogens is 1. The number of rotatable bonds is 3. The van der Waals surface area contributed by atoms with Gasteiger partial charge in [-0.1, -0.05) is 31.9 Å². The summed E-state index contributed by atoms with van der Waals surface area (Å²) in [6.07, 6.45) is 3.61. The van der Waals surface area contributed by atoms with Gasteiger partial charge in [0.15, 0.2) is 0 Å². The summed E-state index contributed by atoms with van der Waals surface area (Å²) in [7, 11) is 0. The van der Waals surface area contributed by atoms with Gasteiger partial charge >= 0.3 is 0 Å². The number of hydrogen-bond donors (Lipinski definition) is 0. The number of pyridine rings is 1. The van der Waals surface area contributed by atoms with Gasteiger partial charge in [0.05, 0.1) is 0 Å². The van der Waals surface area contributed by atoms with E-state index in [2.05, 4.69) is 66.0 Å². The molecule has 0 saturated heterocycles. The molecule has 0 bridgehead atoms. The van der Waals surface area contributed by atoms with E-state index in [0.29, 0.717) is 0 Å². The molecule has 2 aromatic carbocycles. The van der Waals surface area contributed by atoms with E-state index in [-0.39, 0.29) is 0 Å². The van der Waals surface area contributed by atoms with Crippen molar-refractivity contribution in [2.75, 3.05) is 4.90 Å². The van der Waals surface area contributed by atoms with Crippen molar-refractivity contribution in [3.05, 3.63) is 82.0 Å². The van der Waals surface area contributed by atoms with Crippen molar-refractivity contribution in [1.82, 2.24) is 4.98 Å². The summed E-state index contributed by atoms with van der Waals surface area (Å²) < 4.78 is 2.13. The van der Waals surface area contributed by atoms with Gasteiger partial charge in [0.1, 0.15) is 0 Å². The van der Waals surface area contributed by atoms with Crippen LogP contribution in [0.3, 0.4) is 0 Å². The highest BCUT2D eigenvalue weighted by molar-refractivity contribution is 9.10. The van der Waals surface area contributed by atoms with Crippen LogP contribution in [0.2, 0.25) is 0 Å². The summed E-state index contributed by atoms with van der Waals surface area (Å²) in [5.41, 5.74) is 3.29. The van der Waals surface area contributed by atoms with E-state index in [1.54, 1.807) is 12.4 Å². The number of nitrogens with zero attached hydrogens (tertiary/aromatic N) is 2. The molecule has 4 heteroatoms. The summed E-state index contributed by atoms with van der Waals surface area (Å²) in [5, 5.41) is 0. The molecule has 0 N–H and O–H groups in total. The molecule has 3 aromatic rings. The van der Waals surface area contributed by atoms with Gasteiger partial charge in [0.2, 0.25) is 0 Å². The zero-order valence-corrected chi connectivity index (χ0v) is 14.3. The Labute approximate surface area is 140 Å². The van der Waals surface area contributed by atoms with E-state index >= 15 is 0 Å². The molecule has 0 aliphatic rings. The second kappa shape index (κ2) is 6.41. The minimum Gasteiger partial charge on any atom is -0.310 e. The standard InChI is InChI=1S/C17H12Br2N2/c18-13-1-5-15(6-2-13)21(17-9-11-20-12-10-17)16-7-3-14(19)4-8-16/h1-12H. The van der Waals surface area contributed by atoms with Gasteiger partial charge in [-0.2, -0.15) is 0 Å². The molecule has 21 heavy (non-hydrogen) atoms.